The van der Waals surface area contributed by atoms with E-state index in [2.05, 4.69) is 4.98 Å². The molecule has 28 heavy (non-hydrogen) atoms. The zero-order valence-corrected chi connectivity index (χ0v) is 16.0. The highest BCUT2D eigenvalue weighted by atomic mass is 19.4. The van der Waals surface area contributed by atoms with Gasteiger partial charge < -0.3 is 19.0 Å². The van der Waals surface area contributed by atoms with Crippen LogP contribution in [-0.4, -0.2) is 55.3 Å². The van der Waals surface area contributed by atoms with Gasteiger partial charge >= 0.3 is 6.18 Å². The van der Waals surface area contributed by atoms with E-state index in [1.807, 2.05) is 4.90 Å². The summed E-state index contributed by atoms with van der Waals surface area (Å²) < 4.78 is 48.9. The Bertz CT molecular complexity index is 822. The summed E-state index contributed by atoms with van der Waals surface area (Å²) in [4.78, 5) is 19.6. The second-order valence-electron chi connectivity index (χ2n) is 7.01. The highest BCUT2D eigenvalue weighted by molar-refractivity contribution is 5.77. The van der Waals surface area contributed by atoms with Crippen LogP contribution >= 0.6 is 0 Å². The molecule has 1 aromatic heterocycles. The SMILES string of the molecule is CCN(CC(F)(F)F)C(=O)CC1CCCN(c2nc3cc(OC)ccc3o2)C1. The van der Waals surface area contributed by atoms with Gasteiger partial charge in [0.05, 0.1) is 7.11 Å². The number of aromatic nitrogens is 1. The predicted octanol–water partition coefficient (Wildman–Crippen LogP) is 3.85. The van der Waals surface area contributed by atoms with Crippen LogP contribution in [-0.2, 0) is 4.79 Å². The number of benzene rings is 1. The van der Waals surface area contributed by atoms with E-state index in [-0.39, 0.29) is 18.9 Å². The van der Waals surface area contributed by atoms with Gasteiger partial charge in [-0.2, -0.15) is 18.2 Å². The van der Waals surface area contributed by atoms with E-state index in [0.717, 1.165) is 24.3 Å². The molecule has 0 bridgehead atoms. The number of fused-ring (bicyclic) bond motifs is 1. The Labute approximate surface area is 161 Å². The number of alkyl halides is 3. The van der Waals surface area contributed by atoms with E-state index in [0.29, 0.717) is 29.4 Å². The molecule has 0 spiro atoms. The van der Waals surface area contributed by atoms with Crippen LogP contribution in [0.3, 0.4) is 0 Å². The number of carbonyl (C=O) groups is 1. The highest BCUT2D eigenvalue weighted by Gasteiger charge is 2.33. The molecule has 1 aromatic carbocycles. The Morgan fingerprint density at radius 3 is 2.89 bits per heavy atom. The summed E-state index contributed by atoms with van der Waals surface area (Å²) in [6.45, 7) is 1.66. The molecule has 154 valence electrons. The van der Waals surface area contributed by atoms with Crippen molar-refractivity contribution in [1.29, 1.82) is 0 Å². The topological polar surface area (TPSA) is 58.8 Å². The molecule has 0 N–H and O–H groups in total. The number of methoxy groups -OCH3 is 1. The molecule has 3 rings (SSSR count). The monoisotopic (exact) mass is 399 g/mol. The number of nitrogens with zero attached hydrogens (tertiary/aromatic N) is 3. The zero-order valence-electron chi connectivity index (χ0n) is 16.0. The van der Waals surface area contributed by atoms with Gasteiger partial charge in [0, 0.05) is 32.1 Å². The number of anilines is 1. The smallest absolute Gasteiger partial charge is 0.406 e. The summed E-state index contributed by atoms with van der Waals surface area (Å²) in [5, 5.41) is 0. The van der Waals surface area contributed by atoms with Crippen molar-refractivity contribution in [3.63, 3.8) is 0 Å². The van der Waals surface area contributed by atoms with E-state index >= 15 is 0 Å². The Kier molecular flexibility index (Phi) is 6.00. The van der Waals surface area contributed by atoms with E-state index in [9.17, 15) is 18.0 Å². The van der Waals surface area contributed by atoms with Crippen LogP contribution in [0, 0.1) is 5.92 Å². The van der Waals surface area contributed by atoms with Crippen molar-refractivity contribution in [3.05, 3.63) is 18.2 Å². The highest BCUT2D eigenvalue weighted by Crippen LogP contribution is 2.29. The number of oxazole rings is 1. The first-order chi connectivity index (χ1) is 13.3. The van der Waals surface area contributed by atoms with Crippen molar-refractivity contribution in [3.8, 4) is 5.75 Å². The summed E-state index contributed by atoms with van der Waals surface area (Å²) in [6, 6.07) is 5.81. The number of hydrogen-bond donors (Lipinski definition) is 0. The second kappa shape index (κ2) is 8.28. The first kappa shape index (κ1) is 20.3. The first-order valence-electron chi connectivity index (χ1n) is 9.33. The zero-order chi connectivity index (χ0) is 20.3. The van der Waals surface area contributed by atoms with Crippen molar-refractivity contribution in [1.82, 2.24) is 9.88 Å². The number of amides is 1. The minimum Gasteiger partial charge on any atom is -0.497 e. The summed E-state index contributed by atoms with van der Waals surface area (Å²) in [5.41, 5.74) is 1.31. The maximum Gasteiger partial charge on any atom is 0.406 e. The van der Waals surface area contributed by atoms with Gasteiger partial charge in [-0.1, -0.05) is 0 Å². The van der Waals surface area contributed by atoms with Crippen LogP contribution in [0.5, 0.6) is 5.75 Å². The number of carbonyl (C=O) groups excluding carboxylic acids is 1. The molecule has 1 fully saturated rings. The fourth-order valence-corrected chi connectivity index (χ4v) is 3.53. The van der Waals surface area contributed by atoms with Gasteiger partial charge in [0.1, 0.15) is 17.8 Å². The van der Waals surface area contributed by atoms with Crippen LogP contribution in [0.1, 0.15) is 26.2 Å². The largest absolute Gasteiger partial charge is 0.497 e. The summed E-state index contributed by atoms with van der Waals surface area (Å²) in [6.07, 6.45) is -2.68. The molecule has 1 saturated heterocycles. The third kappa shape index (κ3) is 4.88. The van der Waals surface area contributed by atoms with Gasteiger partial charge in [-0.15, -0.1) is 0 Å². The van der Waals surface area contributed by atoms with Crippen molar-refractivity contribution >= 4 is 23.0 Å². The molecular formula is C19H24F3N3O3. The molecule has 1 atom stereocenters. The van der Waals surface area contributed by atoms with Gasteiger partial charge in [-0.25, -0.2) is 0 Å². The molecule has 2 heterocycles. The average molecular weight is 399 g/mol. The Morgan fingerprint density at radius 2 is 2.21 bits per heavy atom. The van der Waals surface area contributed by atoms with E-state index in [1.165, 1.54) is 0 Å². The number of hydrogen-bond acceptors (Lipinski definition) is 5. The third-order valence-electron chi connectivity index (χ3n) is 4.94. The van der Waals surface area contributed by atoms with Crippen LogP contribution in [0.25, 0.3) is 11.1 Å². The molecule has 1 aliphatic rings. The molecule has 1 aliphatic heterocycles. The van der Waals surface area contributed by atoms with Gasteiger partial charge in [-0.3, -0.25) is 4.79 Å². The Balaban J connectivity index is 1.66. The molecular weight excluding hydrogens is 375 g/mol. The van der Waals surface area contributed by atoms with E-state index in [1.54, 1.807) is 32.2 Å². The van der Waals surface area contributed by atoms with Crippen LogP contribution in [0.2, 0.25) is 0 Å². The van der Waals surface area contributed by atoms with E-state index < -0.39 is 18.6 Å². The minimum absolute atomic E-state index is 0.0342. The molecule has 0 saturated carbocycles. The molecule has 0 aliphatic carbocycles. The lowest BCUT2D eigenvalue weighted by Gasteiger charge is -2.32. The summed E-state index contributed by atoms with van der Waals surface area (Å²) in [5.74, 6) is 0.181. The molecule has 0 radical (unpaired) electrons. The maximum atomic E-state index is 12.6. The molecule has 1 unspecified atom stereocenters. The lowest BCUT2D eigenvalue weighted by Crippen LogP contribution is -2.42. The van der Waals surface area contributed by atoms with Gasteiger partial charge in [0.15, 0.2) is 5.58 Å². The van der Waals surface area contributed by atoms with Gasteiger partial charge in [0.2, 0.25) is 5.91 Å². The van der Waals surface area contributed by atoms with Crippen LogP contribution in [0.15, 0.2) is 22.6 Å². The minimum atomic E-state index is -4.39. The normalized spacial score (nSPS) is 17.8. The lowest BCUT2D eigenvalue weighted by atomic mass is 9.94. The van der Waals surface area contributed by atoms with Gasteiger partial charge in [0.25, 0.3) is 6.01 Å². The van der Waals surface area contributed by atoms with Crippen LogP contribution < -0.4 is 9.64 Å². The Morgan fingerprint density at radius 1 is 1.43 bits per heavy atom. The van der Waals surface area contributed by atoms with Crippen LogP contribution in [0.4, 0.5) is 19.2 Å². The molecule has 6 nitrogen and oxygen atoms in total. The first-order valence-corrected chi connectivity index (χ1v) is 9.33. The quantitative estimate of drug-likeness (QED) is 0.738. The molecule has 9 heteroatoms. The third-order valence-corrected chi connectivity index (χ3v) is 4.94. The van der Waals surface area contributed by atoms with Crippen molar-refractivity contribution < 1.29 is 27.1 Å². The van der Waals surface area contributed by atoms with E-state index in [4.69, 9.17) is 9.15 Å². The number of piperidine rings is 1. The Hall–Kier alpha value is -2.45. The van der Waals surface area contributed by atoms with Crippen molar-refractivity contribution in [2.45, 2.75) is 32.4 Å². The molecule has 2 aromatic rings. The molecule has 1 amide bonds. The second-order valence-corrected chi connectivity index (χ2v) is 7.01. The maximum absolute atomic E-state index is 12.6. The number of ether oxygens (including phenoxy) is 1. The van der Waals surface area contributed by atoms with Crippen molar-refractivity contribution in [2.24, 2.45) is 5.92 Å². The summed E-state index contributed by atoms with van der Waals surface area (Å²) in [7, 11) is 1.58. The van der Waals surface area contributed by atoms with Crippen molar-refractivity contribution in [2.75, 3.05) is 38.2 Å². The fraction of sp³-hybridized carbons (Fsp3) is 0.579. The fourth-order valence-electron chi connectivity index (χ4n) is 3.53. The average Bonchev–Trinajstić information content (AvgIpc) is 3.08. The predicted molar refractivity (Wildman–Crippen MR) is 98.4 cm³/mol. The standard InChI is InChI=1S/C19H24F3N3O3/c1-3-24(12-19(20,21)22)17(26)9-13-5-4-8-25(11-13)18-23-15-10-14(27-2)6-7-16(15)28-18/h6-7,10,13H,3-5,8-9,11-12H2,1-2H3. The van der Waals surface area contributed by atoms with Gasteiger partial charge in [-0.05, 0) is 37.8 Å². The lowest BCUT2D eigenvalue weighted by molar-refractivity contribution is -0.161. The summed E-state index contributed by atoms with van der Waals surface area (Å²) >= 11 is 0. The number of rotatable bonds is 6. The number of halogens is 3.